The molecule has 2 heterocycles. The fraction of sp³-hybridized carbons (Fsp3) is 0.0625. The van der Waals surface area contributed by atoms with Gasteiger partial charge in [0.05, 0.1) is 17.8 Å². The van der Waals surface area contributed by atoms with Crippen LogP contribution in [-0.2, 0) is 6.61 Å². The van der Waals surface area contributed by atoms with Gasteiger partial charge in [-0.3, -0.25) is 5.10 Å². The van der Waals surface area contributed by atoms with Gasteiger partial charge < -0.3 is 10.1 Å². The van der Waals surface area contributed by atoms with Crippen LogP contribution < -0.4 is 0 Å². The van der Waals surface area contributed by atoms with E-state index in [0.29, 0.717) is 5.02 Å². The predicted molar refractivity (Wildman–Crippen MR) is 84.3 cm³/mol. The Kier molecular flexibility index (Phi) is 2.74. The summed E-state index contributed by atoms with van der Waals surface area (Å²) in [7, 11) is 0. The third-order valence-corrected chi connectivity index (χ3v) is 3.88. The number of hydrogen-bond donors (Lipinski definition) is 3. The van der Waals surface area contributed by atoms with Crippen molar-refractivity contribution in [3.63, 3.8) is 0 Å². The lowest BCUT2D eigenvalue weighted by molar-refractivity contribution is 0.282. The van der Waals surface area contributed by atoms with E-state index < -0.39 is 0 Å². The Hall–Kier alpha value is -2.30. The molecule has 0 amide bonds. The minimum absolute atomic E-state index is 0.0420. The minimum atomic E-state index is 0.0420. The normalized spacial score (nSPS) is 11.5. The monoisotopic (exact) mass is 297 g/mol. The summed E-state index contributed by atoms with van der Waals surface area (Å²) in [5, 5.41) is 19.4. The fourth-order valence-electron chi connectivity index (χ4n) is 2.61. The fourth-order valence-corrected chi connectivity index (χ4v) is 2.78. The predicted octanol–water partition coefficient (Wildman–Crippen LogP) is 3.86. The van der Waals surface area contributed by atoms with Gasteiger partial charge in [0.2, 0.25) is 0 Å². The Labute approximate surface area is 125 Å². The maximum absolute atomic E-state index is 9.22. The molecule has 104 valence electrons. The molecule has 0 saturated heterocycles. The number of fused-ring (bicyclic) bond motifs is 2. The summed E-state index contributed by atoms with van der Waals surface area (Å²) in [5.74, 6) is 0. The number of aromatic nitrogens is 3. The van der Waals surface area contributed by atoms with Crippen LogP contribution in [0.4, 0.5) is 0 Å². The first-order valence-corrected chi connectivity index (χ1v) is 6.99. The molecule has 5 heteroatoms. The second-order valence-electron chi connectivity index (χ2n) is 5.02. The zero-order chi connectivity index (χ0) is 14.4. The number of hydrogen-bond acceptors (Lipinski definition) is 2. The van der Waals surface area contributed by atoms with Crippen LogP contribution in [0.15, 0.2) is 42.5 Å². The molecule has 0 radical (unpaired) electrons. The first kappa shape index (κ1) is 12.4. The van der Waals surface area contributed by atoms with Crippen LogP contribution >= 0.6 is 11.6 Å². The standard InChI is InChI=1S/C16H12ClN3O/c17-11-2-3-12-14(7-11)19-20-16(12)15-6-10-5-9(8-21)1-4-13(10)18-15/h1-7,18,21H,8H2,(H,19,20). The molecular formula is C16H12ClN3O. The highest BCUT2D eigenvalue weighted by Gasteiger charge is 2.11. The Morgan fingerprint density at radius 3 is 2.81 bits per heavy atom. The largest absolute Gasteiger partial charge is 0.392 e. The van der Waals surface area contributed by atoms with E-state index in [2.05, 4.69) is 15.2 Å². The molecule has 21 heavy (non-hydrogen) atoms. The Morgan fingerprint density at radius 1 is 1.05 bits per heavy atom. The molecule has 0 aliphatic rings. The van der Waals surface area contributed by atoms with Crippen molar-refractivity contribution in [1.29, 1.82) is 0 Å². The number of H-pyrrole nitrogens is 2. The molecule has 0 saturated carbocycles. The Morgan fingerprint density at radius 2 is 1.95 bits per heavy atom. The molecule has 0 aliphatic heterocycles. The van der Waals surface area contributed by atoms with E-state index in [0.717, 1.165) is 38.8 Å². The summed E-state index contributed by atoms with van der Waals surface area (Å²) < 4.78 is 0. The van der Waals surface area contributed by atoms with Crippen molar-refractivity contribution < 1.29 is 5.11 Å². The van der Waals surface area contributed by atoms with Gasteiger partial charge in [0, 0.05) is 21.3 Å². The van der Waals surface area contributed by atoms with E-state index in [1.54, 1.807) is 0 Å². The summed E-state index contributed by atoms with van der Waals surface area (Å²) in [6.07, 6.45) is 0. The van der Waals surface area contributed by atoms with Gasteiger partial charge in [-0.15, -0.1) is 0 Å². The average Bonchev–Trinajstić information content (AvgIpc) is 3.08. The van der Waals surface area contributed by atoms with Gasteiger partial charge in [0.25, 0.3) is 0 Å². The number of rotatable bonds is 2. The van der Waals surface area contributed by atoms with Crippen molar-refractivity contribution in [3.8, 4) is 11.4 Å². The highest BCUT2D eigenvalue weighted by atomic mass is 35.5. The maximum atomic E-state index is 9.22. The van der Waals surface area contributed by atoms with Crippen LogP contribution in [0.2, 0.25) is 5.02 Å². The lowest BCUT2D eigenvalue weighted by Gasteiger charge is -1.94. The number of halogens is 1. The van der Waals surface area contributed by atoms with Crippen LogP contribution in [0.5, 0.6) is 0 Å². The summed E-state index contributed by atoms with van der Waals surface area (Å²) in [5.41, 5.74) is 4.63. The van der Waals surface area contributed by atoms with Gasteiger partial charge in [-0.1, -0.05) is 17.7 Å². The molecule has 4 nitrogen and oxygen atoms in total. The molecule has 0 fully saturated rings. The summed E-state index contributed by atoms with van der Waals surface area (Å²) >= 11 is 5.99. The molecule has 0 atom stereocenters. The van der Waals surface area contributed by atoms with E-state index in [1.165, 1.54) is 0 Å². The highest BCUT2D eigenvalue weighted by Crippen LogP contribution is 2.30. The molecule has 4 aromatic rings. The summed E-state index contributed by atoms with van der Waals surface area (Å²) in [6, 6.07) is 13.6. The highest BCUT2D eigenvalue weighted by molar-refractivity contribution is 6.31. The van der Waals surface area contributed by atoms with Crippen LogP contribution in [0.25, 0.3) is 33.2 Å². The lowest BCUT2D eigenvalue weighted by atomic mass is 10.1. The molecule has 4 rings (SSSR count). The molecule has 0 unspecified atom stereocenters. The zero-order valence-corrected chi connectivity index (χ0v) is 11.8. The first-order chi connectivity index (χ1) is 10.2. The topological polar surface area (TPSA) is 64.7 Å². The first-order valence-electron chi connectivity index (χ1n) is 6.61. The van der Waals surface area contributed by atoms with Gasteiger partial charge in [0.15, 0.2) is 0 Å². The van der Waals surface area contributed by atoms with Crippen LogP contribution in [-0.4, -0.2) is 20.3 Å². The van der Waals surface area contributed by atoms with Crippen molar-refractivity contribution in [1.82, 2.24) is 15.2 Å². The number of nitrogens with one attached hydrogen (secondary N) is 2. The van der Waals surface area contributed by atoms with Crippen LogP contribution in [0.1, 0.15) is 5.56 Å². The van der Waals surface area contributed by atoms with Crippen molar-refractivity contribution in [2.45, 2.75) is 6.61 Å². The minimum Gasteiger partial charge on any atom is -0.392 e. The third kappa shape index (κ3) is 2.00. The number of benzene rings is 2. The van der Waals surface area contributed by atoms with Gasteiger partial charge in [-0.25, -0.2) is 0 Å². The summed E-state index contributed by atoms with van der Waals surface area (Å²) in [6.45, 7) is 0.0420. The molecule has 0 spiro atoms. The SMILES string of the molecule is OCc1ccc2[nH]c(-c3n[nH]c4cc(Cl)ccc34)cc2c1. The molecule has 2 aromatic heterocycles. The second-order valence-corrected chi connectivity index (χ2v) is 5.46. The van der Waals surface area contributed by atoms with Gasteiger partial charge >= 0.3 is 0 Å². The number of nitrogens with zero attached hydrogens (tertiary/aromatic N) is 1. The van der Waals surface area contributed by atoms with E-state index in [1.807, 2.05) is 42.5 Å². The average molecular weight is 298 g/mol. The number of aliphatic hydroxyl groups excluding tert-OH is 1. The van der Waals surface area contributed by atoms with Crippen molar-refractivity contribution in [2.75, 3.05) is 0 Å². The van der Waals surface area contributed by atoms with E-state index in [9.17, 15) is 5.11 Å². The van der Waals surface area contributed by atoms with Crippen LogP contribution in [0.3, 0.4) is 0 Å². The second kappa shape index (κ2) is 4.62. The zero-order valence-electron chi connectivity index (χ0n) is 11.0. The smallest absolute Gasteiger partial charge is 0.116 e. The van der Waals surface area contributed by atoms with Gasteiger partial charge in [-0.05, 0) is 42.0 Å². The van der Waals surface area contributed by atoms with E-state index in [-0.39, 0.29) is 6.61 Å². The lowest BCUT2D eigenvalue weighted by Crippen LogP contribution is -1.80. The van der Waals surface area contributed by atoms with E-state index >= 15 is 0 Å². The maximum Gasteiger partial charge on any atom is 0.116 e. The molecule has 3 N–H and O–H groups in total. The Balaban J connectivity index is 1.91. The molecule has 0 bridgehead atoms. The van der Waals surface area contributed by atoms with Gasteiger partial charge in [0.1, 0.15) is 5.69 Å². The Bertz CT molecular complexity index is 955. The summed E-state index contributed by atoms with van der Waals surface area (Å²) in [4.78, 5) is 3.36. The molecule has 2 aromatic carbocycles. The van der Waals surface area contributed by atoms with E-state index in [4.69, 9.17) is 11.6 Å². The van der Waals surface area contributed by atoms with Crippen molar-refractivity contribution in [3.05, 3.63) is 53.1 Å². The third-order valence-electron chi connectivity index (χ3n) is 3.65. The van der Waals surface area contributed by atoms with Gasteiger partial charge in [-0.2, -0.15) is 5.10 Å². The number of aromatic amines is 2. The quantitative estimate of drug-likeness (QED) is 0.526. The van der Waals surface area contributed by atoms with Crippen LogP contribution in [0, 0.1) is 0 Å². The number of aliphatic hydroxyl groups is 1. The molecule has 0 aliphatic carbocycles. The van der Waals surface area contributed by atoms with Crippen molar-refractivity contribution in [2.24, 2.45) is 0 Å². The molecular weight excluding hydrogens is 286 g/mol. The van der Waals surface area contributed by atoms with Crippen molar-refractivity contribution >= 4 is 33.4 Å².